The molecule has 0 saturated heterocycles. The van der Waals surface area contributed by atoms with Gasteiger partial charge < -0.3 is 5.11 Å². The molecule has 0 aliphatic carbocycles. The van der Waals surface area contributed by atoms with Gasteiger partial charge >= 0.3 is 0 Å². The fourth-order valence-corrected chi connectivity index (χ4v) is 1.82. The Morgan fingerprint density at radius 1 is 1.16 bits per heavy atom. The van der Waals surface area contributed by atoms with E-state index in [1.807, 2.05) is 19.1 Å². The molecular formula is C16H13ClO2. The van der Waals surface area contributed by atoms with E-state index in [1.165, 1.54) is 12.1 Å². The van der Waals surface area contributed by atoms with Crippen LogP contribution in [0.2, 0.25) is 5.02 Å². The zero-order valence-electron chi connectivity index (χ0n) is 10.4. The second-order valence-electron chi connectivity index (χ2n) is 4.27. The number of ketones is 1. The molecule has 0 unspecified atom stereocenters. The van der Waals surface area contributed by atoms with Gasteiger partial charge in [-0.2, -0.15) is 0 Å². The molecule has 0 saturated carbocycles. The summed E-state index contributed by atoms with van der Waals surface area (Å²) in [6.07, 6.45) is 2.99. The summed E-state index contributed by atoms with van der Waals surface area (Å²) in [5.74, 6) is -0.0169. The average molecular weight is 273 g/mol. The molecule has 2 rings (SSSR count). The lowest BCUT2D eigenvalue weighted by atomic mass is 10.1. The van der Waals surface area contributed by atoms with E-state index in [9.17, 15) is 9.90 Å². The van der Waals surface area contributed by atoms with Gasteiger partial charge in [-0.25, -0.2) is 0 Å². The number of hydrogen-bond acceptors (Lipinski definition) is 2. The van der Waals surface area contributed by atoms with E-state index in [-0.39, 0.29) is 11.5 Å². The van der Waals surface area contributed by atoms with Crippen molar-refractivity contribution >= 4 is 23.5 Å². The van der Waals surface area contributed by atoms with Gasteiger partial charge in [0, 0.05) is 16.1 Å². The minimum Gasteiger partial charge on any atom is -0.507 e. The van der Waals surface area contributed by atoms with Crippen LogP contribution in [-0.4, -0.2) is 10.9 Å². The maximum absolute atomic E-state index is 11.9. The molecule has 2 nitrogen and oxygen atoms in total. The standard InChI is InChI=1S/C16H13ClO2/c1-11-2-4-12(5-3-11)15(18)8-6-13-10-14(17)7-9-16(13)19/h2-10,19H,1H3/b8-6+. The summed E-state index contributed by atoms with van der Waals surface area (Å²) in [5.41, 5.74) is 2.24. The highest BCUT2D eigenvalue weighted by Crippen LogP contribution is 2.22. The SMILES string of the molecule is Cc1ccc(C(=O)/C=C/c2cc(Cl)ccc2O)cc1. The third kappa shape index (κ3) is 3.46. The van der Waals surface area contributed by atoms with Crippen molar-refractivity contribution in [3.05, 3.63) is 70.3 Å². The molecular weight excluding hydrogens is 260 g/mol. The molecule has 1 N–H and O–H groups in total. The second kappa shape index (κ2) is 5.72. The molecule has 0 spiro atoms. The van der Waals surface area contributed by atoms with Gasteiger partial charge in [-0.05, 0) is 37.3 Å². The predicted octanol–water partition coefficient (Wildman–Crippen LogP) is 4.25. The maximum atomic E-state index is 11.9. The lowest BCUT2D eigenvalue weighted by Gasteiger charge is -2.00. The van der Waals surface area contributed by atoms with Gasteiger partial charge in [-0.15, -0.1) is 0 Å². The molecule has 0 radical (unpaired) electrons. The summed E-state index contributed by atoms with van der Waals surface area (Å²) in [5, 5.41) is 10.1. The smallest absolute Gasteiger partial charge is 0.185 e. The summed E-state index contributed by atoms with van der Waals surface area (Å²) < 4.78 is 0. The molecule has 0 amide bonds. The Bertz CT molecular complexity index is 628. The van der Waals surface area contributed by atoms with Gasteiger partial charge in [-0.3, -0.25) is 4.79 Å². The Hall–Kier alpha value is -2.06. The van der Waals surface area contributed by atoms with Gasteiger partial charge in [0.15, 0.2) is 5.78 Å². The van der Waals surface area contributed by atoms with Gasteiger partial charge in [0.2, 0.25) is 0 Å². The number of phenolic OH excluding ortho intramolecular Hbond substituents is 1. The molecule has 3 heteroatoms. The van der Waals surface area contributed by atoms with Crippen LogP contribution in [0.4, 0.5) is 0 Å². The van der Waals surface area contributed by atoms with Crippen molar-refractivity contribution in [3.8, 4) is 5.75 Å². The zero-order valence-corrected chi connectivity index (χ0v) is 11.2. The predicted molar refractivity (Wildman–Crippen MR) is 77.7 cm³/mol. The molecule has 0 atom stereocenters. The molecule has 0 fully saturated rings. The molecule has 0 bridgehead atoms. The van der Waals surface area contributed by atoms with Crippen molar-refractivity contribution in [3.63, 3.8) is 0 Å². The Morgan fingerprint density at radius 2 is 1.84 bits per heavy atom. The fourth-order valence-electron chi connectivity index (χ4n) is 1.64. The number of aryl methyl sites for hydroxylation is 1. The highest BCUT2D eigenvalue weighted by Gasteiger charge is 2.02. The first-order chi connectivity index (χ1) is 9.06. The number of allylic oxidation sites excluding steroid dienone is 1. The number of carbonyl (C=O) groups excluding carboxylic acids is 1. The van der Waals surface area contributed by atoms with Crippen molar-refractivity contribution < 1.29 is 9.90 Å². The normalized spacial score (nSPS) is 10.8. The van der Waals surface area contributed by atoms with Crippen LogP contribution in [-0.2, 0) is 0 Å². The third-order valence-corrected chi connectivity index (χ3v) is 2.98. The number of carbonyl (C=O) groups is 1. The first kappa shape index (κ1) is 13.4. The van der Waals surface area contributed by atoms with Crippen molar-refractivity contribution in [1.82, 2.24) is 0 Å². The number of halogens is 1. The first-order valence-electron chi connectivity index (χ1n) is 5.84. The summed E-state index contributed by atoms with van der Waals surface area (Å²) in [7, 11) is 0. The van der Waals surface area contributed by atoms with E-state index >= 15 is 0 Å². The van der Waals surface area contributed by atoms with Crippen LogP contribution in [0, 0.1) is 6.92 Å². The zero-order chi connectivity index (χ0) is 13.8. The molecule has 0 aliphatic heterocycles. The summed E-state index contributed by atoms with van der Waals surface area (Å²) in [4.78, 5) is 11.9. The van der Waals surface area contributed by atoms with E-state index in [4.69, 9.17) is 11.6 Å². The summed E-state index contributed by atoms with van der Waals surface area (Å²) >= 11 is 5.84. The van der Waals surface area contributed by atoms with Crippen molar-refractivity contribution in [2.45, 2.75) is 6.92 Å². The van der Waals surface area contributed by atoms with E-state index in [0.29, 0.717) is 16.1 Å². The van der Waals surface area contributed by atoms with Crippen molar-refractivity contribution in [2.24, 2.45) is 0 Å². The van der Waals surface area contributed by atoms with Crippen molar-refractivity contribution in [2.75, 3.05) is 0 Å². The van der Waals surface area contributed by atoms with Crippen LogP contribution >= 0.6 is 11.6 Å². The van der Waals surface area contributed by atoms with Gasteiger partial charge in [0.1, 0.15) is 5.75 Å². The number of phenols is 1. The van der Waals surface area contributed by atoms with Crippen LogP contribution in [0.25, 0.3) is 6.08 Å². The molecule has 0 aliphatic rings. The van der Waals surface area contributed by atoms with Crippen LogP contribution < -0.4 is 0 Å². The molecule has 0 heterocycles. The molecule has 0 aromatic heterocycles. The topological polar surface area (TPSA) is 37.3 Å². The number of benzene rings is 2. The maximum Gasteiger partial charge on any atom is 0.185 e. The highest BCUT2D eigenvalue weighted by atomic mass is 35.5. The Morgan fingerprint density at radius 3 is 2.53 bits per heavy atom. The number of aromatic hydroxyl groups is 1. The monoisotopic (exact) mass is 272 g/mol. The minimum absolute atomic E-state index is 0.0948. The van der Waals surface area contributed by atoms with E-state index in [2.05, 4.69) is 0 Å². The highest BCUT2D eigenvalue weighted by molar-refractivity contribution is 6.30. The largest absolute Gasteiger partial charge is 0.507 e. The fraction of sp³-hybridized carbons (Fsp3) is 0.0625. The quantitative estimate of drug-likeness (QED) is 0.670. The van der Waals surface area contributed by atoms with Crippen LogP contribution in [0.15, 0.2) is 48.5 Å². The number of rotatable bonds is 3. The minimum atomic E-state index is -0.112. The molecule has 96 valence electrons. The lowest BCUT2D eigenvalue weighted by Crippen LogP contribution is -1.93. The van der Waals surface area contributed by atoms with Crippen LogP contribution in [0.1, 0.15) is 21.5 Å². The molecule has 2 aromatic carbocycles. The van der Waals surface area contributed by atoms with Crippen LogP contribution in [0.5, 0.6) is 5.75 Å². The average Bonchev–Trinajstić information content (AvgIpc) is 2.40. The molecule has 19 heavy (non-hydrogen) atoms. The van der Waals surface area contributed by atoms with Gasteiger partial charge in [0.05, 0.1) is 0 Å². The second-order valence-corrected chi connectivity index (χ2v) is 4.70. The van der Waals surface area contributed by atoms with Crippen molar-refractivity contribution in [1.29, 1.82) is 0 Å². The number of hydrogen-bond donors (Lipinski definition) is 1. The Labute approximate surface area is 117 Å². The first-order valence-corrected chi connectivity index (χ1v) is 6.21. The summed E-state index contributed by atoms with van der Waals surface area (Å²) in [6.45, 7) is 1.97. The summed E-state index contributed by atoms with van der Waals surface area (Å²) in [6, 6.07) is 12.0. The van der Waals surface area contributed by atoms with Gasteiger partial charge in [-0.1, -0.05) is 41.4 Å². The van der Waals surface area contributed by atoms with E-state index in [0.717, 1.165) is 5.56 Å². The lowest BCUT2D eigenvalue weighted by molar-refractivity contribution is 0.104. The third-order valence-electron chi connectivity index (χ3n) is 2.74. The van der Waals surface area contributed by atoms with E-state index < -0.39 is 0 Å². The van der Waals surface area contributed by atoms with Crippen LogP contribution in [0.3, 0.4) is 0 Å². The Balaban J connectivity index is 2.20. The Kier molecular flexibility index (Phi) is 4.03. The van der Waals surface area contributed by atoms with E-state index in [1.54, 1.807) is 30.3 Å². The van der Waals surface area contributed by atoms with Gasteiger partial charge in [0.25, 0.3) is 0 Å². The molecule has 2 aromatic rings.